The summed E-state index contributed by atoms with van der Waals surface area (Å²) in [6.07, 6.45) is 2.73. The molecular formula is C8H11N3. The second-order valence-corrected chi connectivity index (χ2v) is 2.97. The minimum atomic E-state index is 0.497. The second kappa shape index (κ2) is 2.12. The molecule has 1 aromatic heterocycles. The highest BCUT2D eigenvalue weighted by Gasteiger charge is 2.18. The van der Waals surface area contributed by atoms with Gasteiger partial charge in [-0.25, -0.2) is 4.98 Å². The third-order valence-corrected chi connectivity index (χ3v) is 2.00. The van der Waals surface area contributed by atoms with Crippen molar-refractivity contribution in [2.24, 2.45) is 0 Å². The van der Waals surface area contributed by atoms with Gasteiger partial charge in [-0.05, 0) is 19.4 Å². The number of nitrogens with zero attached hydrogens (tertiary/aromatic N) is 1. The van der Waals surface area contributed by atoms with Crippen molar-refractivity contribution in [3.05, 3.63) is 17.8 Å². The number of nitrogen functional groups attached to an aromatic ring is 1. The summed E-state index contributed by atoms with van der Waals surface area (Å²) in [6.45, 7) is 2.14. The minimum Gasteiger partial charge on any atom is -0.383 e. The summed E-state index contributed by atoms with van der Waals surface area (Å²) < 4.78 is 0. The minimum absolute atomic E-state index is 0.497. The van der Waals surface area contributed by atoms with Gasteiger partial charge in [0.1, 0.15) is 5.82 Å². The van der Waals surface area contributed by atoms with Crippen LogP contribution in [0.4, 0.5) is 11.5 Å². The summed E-state index contributed by atoms with van der Waals surface area (Å²) >= 11 is 0. The molecule has 1 unspecified atom stereocenters. The maximum atomic E-state index is 5.68. The second-order valence-electron chi connectivity index (χ2n) is 2.97. The van der Waals surface area contributed by atoms with Crippen LogP contribution in [-0.4, -0.2) is 11.0 Å². The SMILES string of the molecule is CC1Cc2c(ccnc2N)N1. The van der Waals surface area contributed by atoms with Gasteiger partial charge in [0.2, 0.25) is 0 Å². The lowest BCUT2D eigenvalue weighted by Crippen LogP contribution is -2.08. The number of aromatic nitrogens is 1. The quantitative estimate of drug-likeness (QED) is 0.579. The van der Waals surface area contributed by atoms with Gasteiger partial charge in [-0.3, -0.25) is 0 Å². The molecule has 2 heterocycles. The molecule has 0 amide bonds. The molecule has 11 heavy (non-hydrogen) atoms. The molecule has 0 saturated carbocycles. The van der Waals surface area contributed by atoms with Crippen LogP contribution >= 0.6 is 0 Å². The van der Waals surface area contributed by atoms with E-state index in [2.05, 4.69) is 17.2 Å². The lowest BCUT2D eigenvalue weighted by molar-refractivity contribution is 0.839. The molecule has 0 fully saturated rings. The molecule has 58 valence electrons. The first-order valence-electron chi connectivity index (χ1n) is 3.77. The van der Waals surface area contributed by atoms with Crippen molar-refractivity contribution >= 4 is 11.5 Å². The van der Waals surface area contributed by atoms with Crippen LogP contribution in [0.1, 0.15) is 12.5 Å². The molecule has 0 aliphatic carbocycles. The molecule has 1 aromatic rings. The molecular weight excluding hydrogens is 138 g/mol. The Morgan fingerprint density at radius 2 is 2.55 bits per heavy atom. The van der Waals surface area contributed by atoms with Gasteiger partial charge in [0.05, 0.1) is 0 Å². The number of anilines is 2. The average Bonchev–Trinajstić information content (AvgIpc) is 2.31. The van der Waals surface area contributed by atoms with Gasteiger partial charge in [0.25, 0.3) is 0 Å². The molecule has 0 spiro atoms. The number of hydrogen-bond acceptors (Lipinski definition) is 3. The molecule has 2 rings (SSSR count). The zero-order valence-corrected chi connectivity index (χ0v) is 6.46. The first-order chi connectivity index (χ1) is 5.27. The van der Waals surface area contributed by atoms with Crippen LogP contribution in [0.2, 0.25) is 0 Å². The summed E-state index contributed by atoms with van der Waals surface area (Å²) in [5.41, 5.74) is 7.99. The third kappa shape index (κ3) is 0.926. The summed E-state index contributed by atoms with van der Waals surface area (Å²) in [4.78, 5) is 4.02. The fourth-order valence-corrected chi connectivity index (χ4v) is 1.48. The third-order valence-electron chi connectivity index (χ3n) is 2.00. The number of hydrogen-bond donors (Lipinski definition) is 2. The van der Waals surface area contributed by atoms with E-state index in [9.17, 15) is 0 Å². The molecule has 3 N–H and O–H groups in total. The molecule has 0 radical (unpaired) electrons. The van der Waals surface area contributed by atoms with E-state index in [1.54, 1.807) is 6.20 Å². The Balaban J connectivity index is 2.49. The summed E-state index contributed by atoms with van der Waals surface area (Å²) in [7, 11) is 0. The normalized spacial score (nSPS) is 21.0. The Bertz CT molecular complexity index is 283. The van der Waals surface area contributed by atoms with Crippen LogP contribution in [-0.2, 0) is 6.42 Å². The summed E-state index contributed by atoms with van der Waals surface area (Å²) in [5, 5.41) is 3.32. The Labute approximate surface area is 65.6 Å². The average molecular weight is 149 g/mol. The molecule has 1 atom stereocenters. The van der Waals surface area contributed by atoms with Crippen molar-refractivity contribution in [3.63, 3.8) is 0 Å². The lowest BCUT2D eigenvalue weighted by Gasteiger charge is -2.00. The van der Waals surface area contributed by atoms with Gasteiger partial charge in [-0.1, -0.05) is 0 Å². The number of fused-ring (bicyclic) bond motifs is 1. The Kier molecular flexibility index (Phi) is 1.24. The monoisotopic (exact) mass is 149 g/mol. The Morgan fingerprint density at radius 1 is 1.73 bits per heavy atom. The van der Waals surface area contributed by atoms with Crippen molar-refractivity contribution in [2.45, 2.75) is 19.4 Å². The van der Waals surface area contributed by atoms with Crippen LogP contribution in [0, 0.1) is 0 Å². The summed E-state index contributed by atoms with van der Waals surface area (Å²) in [6, 6.07) is 2.46. The van der Waals surface area contributed by atoms with E-state index in [0.29, 0.717) is 11.9 Å². The van der Waals surface area contributed by atoms with E-state index in [0.717, 1.165) is 12.1 Å². The highest BCUT2D eigenvalue weighted by Crippen LogP contribution is 2.28. The Hall–Kier alpha value is -1.25. The number of pyridine rings is 1. The predicted molar refractivity (Wildman–Crippen MR) is 45.4 cm³/mol. The van der Waals surface area contributed by atoms with Crippen molar-refractivity contribution in [2.75, 3.05) is 11.1 Å². The number of rotatable bonds is 0. The topological polar surface area (TPSA) is 50.9 Å². The van der Waals surface area contributed by atoms with E-state index < -0.39 is 0 Å². The van der Waals surface area contributed by atoms with E-state index >= 15 is 0 Å². The summed E-state index contributed by atoms with van der Waals surface area (Å²) in [5.74, 6) is 0.666. The first kappa shape index (κ1) is 6.46. The maximum Gasteiger partial charge on any atom is 0.128 e. The highest BCUT2D eigenvalue weighted by atomic mass is 15.0. The van der Waals surface area contributed by atoms with Gasteiger partial charge >= 0.3 is 0 Å². The molecule has 0 saturated heterocycles. The smallest absolute Gasteiger partial charge is 0.128 e. The van der Waals surface area contributed by atoms with E-state index in [1.165, 1.54) is 5.56 Å². The van der Waals surface area contributed by atoms with Gasteiger partial charge in [0.15, 0.2) is 0 Å². The molecule has 3 nitrogen and oxygen atoms in total. The van der Waals surface area contributed by atoms with Crippen molar-refractivity contribution in [1.82, 2.24) is 4.98 Å². The van der Waals surface area contributed by atoms with Crippen LogP contribution in [0.5, 0.6) is 0 Å². The molecule has 0 aromatic carbocycles. The maximum absolute atomic E-state index is 5.68. The van der Waals surface area contributed by atoms with Crippen LogP contribution < -0.4 is 11.1 Å². The number of nitrogens with one attached hydrogen (secondary N) is 1. The van der Waals surface area contributed by atoms with Crippen LogP contribution in [0.25, 0.3) is 0 Å². The highest BCUT2D eigenvalue weighted by molar-refractivity contribution is 5.63. The molecule has 0 bridgehead atoms. The zero-order valence-electron chi connectivity index (χ0n) is 6.46. The Morgan fingerprint density at radius 3 is 3.27 bits per heavy atom. The van der Waals surface area contributed by atoms with E-state index in [4.69, 9.17) is 5.73 Å². The van der Waals surface area contributed by atoms with E-state index in [-0.39, 0.29) is 0 Å². The van der Waals surface area contributed by atoms with Gasteiger partial charge in [-0.15, -0.1) is 0 Å². The molecule has 1 aliphatic heterocycles. The molecule has 1 aliphatic rings. The largest absolute Gasteiger partial charge is 0.383 e. The standard InChI is InChI=1S/C8H11N3/c1-5-4-6-7(11-5)2-3-10-8(6)9/h2-3,5,11H,4H2,1H3,(H2,9,10). The van der Waals surface area contributed by atoms with E-state index in [1.807, 2.05) is 6.07 Å². The van der Waals surface area contributed by atoms with Gasteiger partial charge in [0, 0.05) is 23.5 Å². The van der Waals surface area contributed by atoms with Crippen molar-refractivity contribution < 1.29 is 0 Å². The lowest BCUT2D eigenvalue weighted by atomic mass is 10.1. The van der Waals surface area contributed by atoms with Crippen molar-refractivity contribution in [3.8, 4) is 0 Å². The number of nitrogens with two attached hydrogens (primary N) is 1. The van der Waals surface area contributed by atoms with Crippen LogP contribution in [0.3, 0.4) is 0 Å². The first-order valence-corrected chi connectivity index (χ1v) is 3.77. The molecule has 3 heteroatoms. The fourth-order valence-electron chi connectivity index (χ4n) is 1.48. The van der Waals surface area contributed by atoms with Gasteiger partial charge in [-0.2, -0.15) is 0 Å². The zero-order chi connectivity index (χ0) is 7.84. The van der Waals surface area contributed by atoms with Gasteiger partial charge < -0.3 is 11.1 Å². The fraction of sp³-hybridized carbons (Fsp3) is 0.375. The van der Waals surface area contributed by atoms with Crippen LogP contribution in [0.15, 0.2) is 12.3 Å². The predicted octanol–water partition coefficient (Wildman–Crippen LogP) is 1.02. The van der Waals surface area contributed by atoms with Crippen molar-refractivity contribution in [1.29, 1.82) is 0 Å².